The van der Waals surface area contributed by atoms with Crippen molar-refractivity contribution in [1.29, 1.82) is 0 Å². The molecule has 3 heterocycles. The molecule has 0 bridgehead atoms. The van der Waals surface area contributed by atoms with Crippen LogP contribution >= 0.6 is 0 Å². The van der Waals surface area contributed by atoms with Gasteiger partial charge in [0.2, 0.25) is 11.9 Å². The average Bonchev–Trinajstić information content (AvgIpc) is 2.67. The molecule has 1 unspecified atom stereocenters. The maximum absolute atomic E-state index is 12.0. The third-order valence-corrected chi connectivity index (χ3v) is 4.88. The molecule has 0 saturated carbocycles. The smallest absolute Gasteiger partial charge is 0.225 e. The molecule has 0 N–H and O–H groups in total. The Morgan fingerprint density at radius 3 is 2.72 bits per heavy atom. The molecular formula is C19H22N4O2. The number of carbonyl (C=O) groups excluding carboxylic acids is 1. The van der Waals surface area contributed by atoms with E-state index < -0.39 is 0 Å². The molecule has 0 spiro atoms. The van der Waals surface area contributed by atoms with Crippen LogP contribution in [0, 0.1) is 0 Å². The van der Waals surface area contributed by atoms with Gasteiger partial charge in [-0.05, 0) is 18.4 Å². The van der Waals surface area contributed by atoms with Crippen molar-refractivity contribution in [1.82, 2.24) is 14.9 Å². The third kappa shape index (κ3) is 3.57. The molecule has 2 saturated heterocycles. The van der Waals surface area contributed by atoms with Crippen LogP contribution in [0.15, 0.2) is 42.7 Å². The van der Waals surface area contributed by atoms with Gasteiger partial charge in [0, 0.05) is 32.1 Å². The summed E-state index contributed by atoms with van der Waals surface area (Å²) in [6.45, 7) is 2.87. The summed E-state index contributed by atoms with van der Waals surface area (Å²) in [5, 5.41) is 0. The van der Waals surface area contributed by atoms with Crippen LogP contribution in [-0.2, 0) is 11.4 Å². The van der Waals surface area contributed by atoms with E-state index in [1.165, 1.54) is 0 Å². The lowest BCUT2D eigenvalue weighted by Gasteiger charge is -2.43. The van der Waals surface area contributed by atoms with Crippen LogP contribution in [0.4, 0.5) is 5.95 Å². The quantitative estimate of drug-likeness (QED) is 0.856. The van der Waals surface area contributed by atoms with Crippen molar-refractivity contribution >= 4 is 11.9 Å². The van der Waals surface area contributed by atoms with Crippen molar-refractivity contribution in [2.24, 2.45) is 0 Å². The van der Waals surface area contributed by atoms with E-state index in [1.54, 1.807) is 12.4 Å². The molecule has 6 heteroatoms. The lowest BCUT2D eigenvalue weighted by Crippen LogP contribution is -2.57. The summed E-state index contributed by atoms with van der Waals surface area (Å²) in [5.74, 6) is 1.67. The minimum Gasteiger partial charge on any atom is -0.486 e. The second-order valence-corrected chi connectivity index (χ2v) is 6.57. The molecule has 2 aliphatic rings. The average molecular weight is 338 g/mol. The predicted octanol–water partition coefficient (Wildman–Crippen LogP) is 2.26. The van der Waals surface area contributed by atoms with Gasteiger partial charge in [0.1, 0.15) is 6.61 Å². The van der Waals surface area contributed by atoms with Gasteiger partial charge in [-0.3, -0.25) is 4.79 Å². The van der Waals surface area contributed by atoms with Crippen molar-refractivity contribution in [2.45, 2.75) is 31.9 Å². The van der Waals surface area contributed by atoms with E-state index in [0.29, 0.717) is 36.7 Å². The van der Waals surface area contributed by atoms with Crippen LogP contribution in [0.3, 0.4) is 0 Å². The Bertz CT molecular complexity index is 720. The van der Waals surface area contributed by atoms with Gasteiger partial charge in [0.05, 0.1) is 12.4 Å². The number of aromatic nitrogens is 2. The Labute approximate surface area is 147 Å². The highest BCUT2D eigenvalue weighted by Gasteiger charge is 2.33. The summed E-state index contributed by atoms with van der Waals surface area (Å²) >= 11 is 0. The number of carbonyl (C=O) groups is 1. The largest absolute Gasteiger partial charge is 0.486 e. The lowest BCUT2D eigenvalue weighted by atomic mass is 9.99. The number of nitrogens with zero attached hydrogens (tertiary/aromatic N) is 4. The summed E-state index contributed by atoms with van der Waals surface area (Å²) in [5.41, 5.74) is 1.12. The second-order valence-electron chi connectivity index (χ2n) is 6.57. The molecule has 130 valence electrons. The highest BCUT2D eigenvalue weighted by molar-refractivity contribution is 5.77. The molecule has 1 aromatic heterocycles. The highest BCUT2D eigenvalue weighted by Crippen LogP contribution is 2.24. The van der Waals surface area contributed by atoms with Crippen LogP contribution in [0.2, 0.25) is 0 Å². The number of piperazine rings is 1. The Balaban J connectivity index is 1.36. The van der Waals surface area contributed by atoms with Gasteiger partial charge >= 0.3 is 0 Å². The van der Waals surface area contributed by atoms with E-state index in [9.17, 15) is 4.79 Å². The molecule has 1 amide bonds. The second kappa shape index (κ2) is 7.09. The molecule has 2 fully saturated rings. The fourth-order valence-corrected chi connectivity index (χ4v) is 3.53. The van der Waals surface area contributed by atoms with E-state index in [-0.39, 0.29) is 0 Å². The molecule has 2 aliphatic heterocycles. The molecule has 2 aromatic rings. The monoisotopic (exact) mass is 338 g/mol. The summed E-state index contributed by atoms with van der Waals surface area (Å²) in [4.78, 5) is 25.1. The highest BCUT2D eigenvalue weighted by atomic mass is 16.5. The van der Waals surface area contributed by atoms with E-state index in [2.05, 4.69) is 14.9 Å². The molecular weight excluding hydrogens is 316 g/mol. The van der Waals surface area contributed by atoms with Crippen molar-refractivity contribution in [3.8, 4) is 5.75 Å². The van der Waals surface area contributed by atoms with Gasteiger partial charge in [-0.2, -0.15) is 0 Å². The maximum atomic E-state index is 12.0. The Morgan fingerprint density at radius 2 is 1.92 bits per heavy atom. The number of ether oxygens (including phenoxy) is 1. The fourth-order valence-electron chi connectivity index (χ4n) is 3.53. The zero-order valence-corrected chi connectivity index (χ0v) is 14.2. The number of rotatable bonds is 4. The zero-order valence-electron chi connectivity index (χ0n) is 14.2. The van der Waals surface area contributed by atoms with Crippen LogP contribution in [-0.4, -0.2) is 46.5 Å². The number of fused-ring (bicyclic) bond motifs is 1. The van der Waals surface area contributed by atoms with E-state index in [0.717, 1.165) is 38.0 Å². The first-order chi connectivity index (χ1) is 12.3. The molecule has 25 heavy (non-hydrogen) atoms. The molecule has 1 atom stereocenters. The van der Waals surface area contributed by atoms with Gasteiger partial charge in [-0.15, -0.1) is 0 Å². The maximum Gasteiger partial charge on any atom is 0.225 e. The predicted molar refractivity (Wildman–Crippen MR) is 94.4 cm³/mol. The number of piperidine rings is 1. The third-order valence-electron chi connectivity index (χ3n) is 4.88. The number of anilines is 1. The first-order valence-corrected chi connectivity index (χ1v) is 8.83. The van der Waals surface area contributed by atoms with Crippen LogP contribution in [0.1, 0.15) is 24.8 Å². The Hall–Kier alpha value is -2.63. The SMILES string of the molecule is O=C1CCCC2CN(c3ncc(OCc4ccccc4)cn3)CCN12. The minimum absolute atomic E-state index is 0.293. The Morgan fingerprint density at radius 1 is 1.12 bits per heavy atom. The first-order valence-electron chi connectivity index (χ1n) is 8.83. The van der Waals surface area contributed by atoms with E-state index >= 15 is 0 Å². The van der Waals surface area contributed by atoms with Crippen LogP contribution < -0.4 is 9.64 Å². The number of amides is 1. The van der Waals surface area contributed by atoms with Crippen molar-refractivity contribution in [2.75, 3.05) is 24.5 Å². The molecule has 6 nitrogen and oxygen atoms in total. The van der Waals surface area contributed by atoms with Crippen molar-refractivity contribution in [3.05, 3.63) is 48.3 Å². The number of benzene rings is 1. The summed E-state index contributed by atoms with van der Waals surface area (Å²) in [6.07, 6.45) is 6.20. The number of hydrogen-bond acceptors (Lipinski definition) is 5. The van der Waals surface area contributed by atoms with Crippen LogP contribution in [0.25, 0.3) is 0 Å². The van der Waals surface area contributed by atoms with Gasteiger partial charge in [-0.25, -0.2) is 9.97 Å². The fraction of sp³-hybridized carbons (Fsp3) is 0.421. The van der Waals surface area contributed by atoms with Gasteiger partial charge in [0.15, 0.2) is 5.75 Å². The summed E-state index contributed by atoms with van der Waals surface area (Å²) < 4.78 is 5.74. The van der Waals surface area contributed by atoms with Gasteiger partial charge in [0.25, 0.3) is 0 Å². The summed E-state index contributed by atoms with van der Waals surface area (Å²) in [6, 6.07) is 10.3. The van der Waals surface area contributed by atoms with Gasteiger partial charge in [-0.1, -0.05) is 30.3 Å². The van der Waals surface area contributed by atoms with E-state index in [4.69, 9.17) is 4.74 Å². The minimum atomic E-state index is 0.293. The zero-order chi connectivity index (χ0) is 17.1. The standard InChI is InChI=1S/C19H22N4O2/c24-18-8-4-7-16-13-22(9-10-23(16)18)19-20-11-17(12-21-19)25-14-15-5-2-1-3-6-15/h1-3,5-6,11-12,16H,4,7-10,13-14H2. The topological polar surface area (TPSA) is 58.6 Å². The molecule has 1 aromatic carbocycles. The van der Waals surface area contributed by atoms with E-state index in [1.807, 2.05) is 35.2 Å². The molecule has 4 rings (SSSR count). The van der Waals surface area contributed by atoms with Crippen LogP contribution in [0.5, 0.6) is 5.75 Å². The van der Waals surface area contributed by atoms with Crippen molar-refractivity contribution in [3.63, 3.8) is 0 Å². The van der Waals surface area contributed by atoms with Gasteiger partial charge < -0.3 is 14.5 Å². The van der Waals surface area contributed by atoms with Crippen molar-refractivity contribution < 1.29 is 9.53 Å². The molecule has 0 radical (unpaired) electrons. The Kier molecular flexibility index (Phi) is 4.50. The first kappa shape index (κ1) is 15.9. The summed E-state index contributed by atoms with van der Waals surface area (Å²) in [7, 11) is 0. The number of hydrogen-bond donors (Lipinski definition) is 0. The lowest BCUT2D eigenvalue weighted by molar-refractivity contribution is -0.136. The normalized spacial score (nSPS) is 20.3. The molecule has 0 aliphatic carbocycles.